The number of ketones is 1. The molecule has 2 aromatic rings. The molecule has 0 spiro atoms. The van der Waals surface area contributed by atoms with E-state index in [2.05, 4.69) is 37.4 Å². The zero-order valence-corrected chi connectivity index (χ0v) is 12.5. The Labute approximate surface area is 123 Å². The van der Waals surface area contributed by atoms with E-state index >= 15 is 0 Å². The number of carbonyl (C=O) groups is 1. The fraction of sp³-hybridized carbons (Fsp3) is 0.235. The maximum atomic E-state index is 12.3. The molecule has 1 aromatic heterocycles. The third-order valence-electron chi connectivity index (χ3n) is 3.45. The average Bonchev–Trinajstić information content (AvgIpc) is 2.91. The highest BCUT2D eigenvalue weighted by Gasteiger charge is 2.27. The number of benzene rings is 1. The van der Waals surface area contributed by atoms with Crippen LogP contribution in [-0.4, -0.2) is 11.3 Å². The van der Waals surface area contributed by atoms with E-state index in [-0.39, 0.29) is 11.3 Å². The third-order valence-corrected chi connectivity index (χ3v) is 4.34. The average molecular weight is 283 g/mol. The molecule has 0 aliphatic carbocycles. The Hall–Kier alpha value is -1.87. The number of fused-ring (bicyclic) bond motifs is 1. The first kappa shape index (κ1) is 13.1. The molecule has 0 saturated carbocycles. The first-order chi connectivity index (χ1) is 9.55. The predicted octanol–water partition coefficient (Wildman–Crippen LogP) is 3.90. The Kier molecular flexibility index (Phi) is 3.22. The molecule has 3 heteroatoms. The van der Waals surface area contributed by atoms with E-state index in [9.17, 15) is 4.79 Å². The van der Waals surface area contributed by atoms with Gasteiger partial charge in [-0.25, -0.2) is 0 Å². The lowest BCUT2D eigenvalue weighted by atomic mass is 9.85. The Bertz CT molecular complexity index is 668. The molecule has 1 aromatic carbocycles. The fourth-order valence-electron chi connectivity index (χ4n) is 2.62. The summed E-state index contributed by atoms with van der Waals surface area (Å²) in [7, 11) is 0. The van der Waals surface area contributed by atoms with Crippen LogP contribution in [0.2, 0.25) is 0 Å². The Morgan fingerprint density at radius 3 is 2.80 bits per heavy atom. The van der Waals surface area contributed by atoms with E-state index in [1.54, 1.807) is 6.08 Å². The second-order valence-electron chi connectivity index (χ2n) is 5.74. The van der Waals surface area contributed by atoms with Gasteiger partial charge in [0.05, 0.1) is 4.88 Å². The normalized spacial score (nSPS) is 18.4. The van der Waals surface area contributed by atoms with E-state index in [0.717, 1.165) is 22.6 Å². The largest absolute Gasteiger partial charge is 0.379 e. The molecule has 0 radical (unpaired) electrons. The molecule has 1 N–H and O–H groups in total. The summed E-state index contributed by atoms with van der Waals surface area (Å²) < 4.78 is 0. The predicted molar refractivity (Wildman–Crippen MR) is 84.0 cm³/mol. The van der Waals surface area contributed by atoms with Crippen LogP contribution < -0.4 is 5.32 Å². The molecule has 0 atom stereocenters. The SMILES string of the molecule is CC1(C)Cc2ccccc2C(=CC(=O)c2cccs2)N1. The van der Waals surface area contributed by atoms with Gasteiger partial charge in [-0.1, -0.05) is 30.3 Å². The van der Waals surface area contributed by atoms with E-state index in [1.807, 2.05) is 23.6 Å². The lowest BCUT2D eigenvalue weighted by molar-refractivity contribution is 0.105. The van der Waals surface area contributed by atoms with Crippen molar-refractivity contribution in [2.45, 2.75) is 25.8 Å². The lowest BCUT2D eigenvalue weighted by Gasteiger charge is -2.35. The van der Waals surface area contributed by atoms with E-state index < -0.39 is 0 Å². The molecule has 0 fully saturated rings. The topological polar surface area (TPSA) is 29.1 Å². The van der Waals surface area contributed by atoms with Crippen LogP contribution in [0.15, 0.2) is 47.9 Å². The molecule has 1 aliphatic rings. The molecule has 3 rings (SSSR count). The monoisotopic (exact) mass is 283 g/mol. The van der Waals surface area contributed by atoms with Crippen molar-refractivity contribution >= 4 is 22.8 Å². The summed E-state index contributed by atoms with van der Waals surface area (Å²) in [5.74, 6) is 0.0648. The molecule has 0 saturated heterocycles. The van der Waals surface area contributed by atoms with Gasteiger partial charge in [0.15, 0.2) is 5.78 Å². The van der Waals surface area contributed by atoms with Crippen LogP contribution in [0.3, 0.4) is 0 Å². The van der Waals surface area contributed by atoms with Crippen molar-refractivity contribution in [1.29, 1.82) is 0 Å². The van der Waals surface area contributed by atoms with Gasteiger partial charge in [-0.05, 0) is 37.3 Å². The van der Waals surface area contributed by atoms with Gasteiger partial charge >= 0.3 is 0 Å². The van der Waals surface area contributed by atoms with Crippen LogP contribution in [0.1, 0.15) is 34.6 Å². The first-order valence-electron chi connectivity index (χ1n) is 6.71. The minimum absolute atomic E-state index is 0.0318. The summed E-state index contributed by atoms with van der Waals surface area (Å²) in [5, 5.41) is 5.42. The first-order valence-corrected chi connectivity index (χ1v) is 7.59. The number of hydrogen-bond acceptors (Lipinski definition) is 3. The van der Waals surface area contributed by atoms with Crippen molar-refractivity contribution < 1.29 is 4.79 Å². The third kappa shape index (κ3) is 2.54. The molecule has 20 heavy (non-hydrogen) atoms. The maximum absolute atomic E-state index is 12.3. The number of allylic oxidation sites excluding steroid dienone is 1. The second-order valence-corrected chi connectivity index (χ2v) is 6.69. The Morgan fingerprint density at radius 1 is 1.25 bits per heavy atom. The van der Waals surface area contributed by atoms with Crippen LogP contribution in [0, 0.1) is 0 Å². The molecular formula is C17H17NOS. The van der Waals surface area contributed by atoms with Crippen LogP contribution in [0.25, 0.3) is 5.70 Å². The van der Waals surface area contributed by atoms with Gasteiger partial charge < -0.3 is 5.32 Å². The van der Waals surface area contributed by atoms with Crippen molar-refractivity contribution in [3.63, 3.8) is 0 Å². The van der Waals surface area contributed by atoms with E-state index in [0.29, 0.717) is 0 Å². The van der Waals surface area contributed by atoms with Crippen molar-refractivity contribution in [1.82, 2.24) is 5.32 Å². The number of nitrogens with one attached hydrogen (secondary N) is 1. The summed E-state index contributed by atoms with van der Waals surface area (Å²) in [6, 6.07) is 12.1. The van der Waals surface area contributed by atoms with Gasteiger partial charge in [0.1, 0.15) is 0 Å². The summed E-state index contributed by atoms with van der Waals surface area (Å²) in [6.07, 6.45) is 2.69. The number of hydrogen-bond donors (Lipinski definition) is 1. The molecule has 102 valence electrons. The number of carbonyl (C=O) groups excluding carboxylic acids is 1. The van der Waals surface area contributed by atoms with Crippen molar-refractivity contribution in [2.75, 3.05) is 0 Å². The van der Waals surface area contributed by atoms with E-state index in [1.165, 1.54) is 16.9 Å². The van der Waals surface area contributed by atoms with Crippen LogP contribution in [0.4, 0.5) is 0 Å². The Balaban J connectivity index is 2.02. The molecular weight excluding hydrogens is 266 g/mol. The standard InChI is InChI=1S/C17H17NOS/c1-17(2)11-12-6-3-4-7-13(12)14(18-17)10-15(19)16-8-5-9-20-16/h3-10,18H,11H2,1-2H3. The van der Waals surface area contributed by atoms with Gasteiger partial charge in [0.2, 0.25) is 0 Å². The van der Waals surface area contributed by atoms with Crippen LogP contribution in [0.5, 0.6) is 0 Å². The molecule has 2 nitrogen and oxygen atoms in total. The molecule has 0 unspecified atom stereocenters. The summed E-state index contributed by atoms with van der Waals surface area (Å²) >= 11 is 1.48. The van der Waals surface area contributed by atoms with Crippen LogP contribution >= 0.6 is 11.3 Å². The maximum Gasteiger partial charge on any atom is 0.197 e. The lowest BCUT2D eigenvalue weighted by Crippen LogP contribution is -2.43. The summed E-state index contributed by atoms with van der Waals surface area (Å²) in [5.41, 5.74) is 3.32. The number of thiophene rings is 1. The van der Waals surface area contributed by atoms with Gasteiger partial charge in [-0.3, -0.25) is 4.79 Å². The van der Waals surface area contributed by atoms with Crippen molar-refractivity contribution in [2.24, 2.45) is 0 Å². The quantitative estimate of drug-likeness (QED) is 0.669. The minimum Gasteiger partial charge on any atom is -0.379 e. The molecule has 2 heterocycles. The zero-order chi connectivity index (χ0) is 14.2. The fourth-order valence-corrected chi connectivity index (χ4v) is 3.26. The van der Waals surface area contributed by atoms with Gasteiger partial charge in [0.25, 0.3) is 0 Å². The van der Waals surface area contributed by atoms with Crippen molar-refractivity contribution in [3.05, 3.63) is 63.9 Å². The smallest absolute Gasteiger partial charge is 0.197 e. The summed E-state index contributed by atoms with van der Waals surface area (Å²) in [6.45, 7) is 4.32. The highest BCUT2D eigenvalue weighted by molar-refractivity contribution is 7.12. The van der Waals surface area contributed by atoms with Crippen molar-refractivity contribution in [3.8, 4) is 0 Å². The molecule has 1 aliphatic heterocycles. The Morgan fingerprint density at radius 2 is 2.05 bits per heavy atom. The number of rotatable bonds is 2. The summed E-state index contributed by atoms with van der Waals surface area (Å²) in [4.78, 5) is 13.1. The van der Waals surface area contributed by atoms with Gasteiger partial charge in [-0.2, -0.15) is 0 Å². The second kappa shape index (κ2) is 4.91. The van der Waals surface area contributed by atoms with Crippen LogP contribution in [-0.2, 0) is 6.42 Å². The zero-order valence-electron chi connectivity index (χ0n) is 11.6. The highest BCUT2D eigenvalue weighted by Crippen LogP contribution is 2.29. The van der Waals surface area contributed by atoms with Gasteiger partial charge in [0, 0.05) is 22.9 Å². The highest BCUT2D eigenvalue weighted by atomic mass is 32.1. The minimum atomic E-state index is -0.0318. The van der Waals surface area contributed by atoms with Gasteiger partial charge in [-0.15, -0.1) is 11.3 Å². The molecule has 0 amide bonds. The van der Waals surface area contributed by atoms with E-state index in [4.69, 9.17) is 0 Å². The molecule has 0 bridgehead atoms.